The third kappa shape index (κ3) is 3.66. The lowest BCUT2D eigenvalue weighted by molar-refractivity contribution is -0.137. The van der Waals surface area contributed by atoms with E-state index < -0.39 is 17.6 Å². The highest BCUT2D eigenvalue weighted by Crippen LogP contribution is 2.31. The predicted molar refractivity (Wildman–Crippen MR) is 88.9 cm³/mol. The molecule has 7 heteroatoms. The summed E-state index contributed by atoms with van der Waals surface area (Å²) in [6, 6.07) is 13.8. The SMILES string of the molecule is O=Cc1ccc(-c2ccccc2C(=O)Nc2cccc(C(F)(F)F)c2)o1. The molecule has 3 aromatic rings. The Morgan fingerprint density at radius 2 is 1.77 bits per heavy atom. The van der Waals surface area contributed by atoms with Crippen LogP contribution in [0.2, 0.25) is 0 Å². The van der Waals surface area contributed by atoms with Crippen LogP contribution in [0.25, 0.3) is 11.3 Å². The fraction of sp³-hybridized carbons (Fsp3) is 0.0526. The molecular weight excluding hydrogens is 347 g/mol. The van der Waals surface area contributed by atoms with E-state index in [1.165, 1.54) is 24.3 Å². The van der Waals surface area contributed by atoms with Gasteiger partial charge in [-0.15, -0.1) is 0 Å². The lowest BCUT2D eigenvalue weighted by Crippen LogP contribution is -2.14. The van der Waals surface area contributed by atoms with Crippen LogP contribution in [-0.2, 0) is 6.18 Å². The van der Waals surface area contributed by atoms with Crippen LogP contribution < -0.4 is 5.32 Å². The van der Waals surface area contributed by atoms with Gasteiger partial charge in [-0.25, -0.2) is 0 Å². The molecule has 1 aromatic heterocycles. The van der Waals surface area contributed by atoms with Crippen LogP contribution in [-0.4, -0.2) is 12.2 Å². The molecule has 0 aliphatic carbocycles. The van der Waals surface area contributed by atoms with Gasteiger partial charge in [-0.1, -0.05) is 24.3 Å². The standard InChI is InChI=1S/C19H12F3NO3/c20-19(21,22)12-4-3-5-13(10-12)23-18(25)16-7-2-1-6-15(16)17-9-8-14(11-24)26-17/h1-11H,(H,23,25). The van der Waals surface area contributed by atoms with E-state index in [9.17, 15) is 22.8 Å². The summed E-state index contributed by atoms with van der Waals surface area (Å²) in [5.41, 5.74) is -0.209. The van der Waals surface area contributed by atoms with E-state index in [-0.39, 0.29) is 17.0 Å². The number of carbonyl (C=O) groups excluding carboxylic acids is 2. The zero-order valence-electron chi connectivity index (χ0n) is 13.2. The molecule has 0 fully saturated rings. The van der Waals surface area contributed by atoms with Crippen LogP contribution in [0.3, 0.4) is 0 Å². The average molecular weight is 359 g/mol. The summed E-state index contributed by atoms with van der Waals surface area (Å²) < 4.78 is 43.7. The van der Waals surface area contributed by atoms with Crippen LogP contribution in [0.5, 0.6) is 0 Å². The quantitative estimate of drug-likeness (QED) is 0.665. The van der Waals surface area contributed by atoms with Crippen molar-refractivity contribution in [3.8, 4) is 11.3 Å². The summed E-state index contributed by atoms with van der Waals surface area (Å²) in [6.07, 6.45) is -3.97. The monoisotopic (exact) mass is 359 g/mol. The van der Waals surface area contributed by atoms with Crippen molar-refractivity contribution in [3.05, 3.63) is 77.6 Å². The topological polar surface area (TPSA) is 59.3 Å². The molecule has 132 valence electrons. The smallest absolute Gasteiger partial charge is 0.416 e. The van der Waals surface area contributed by atoms with Crippen molar-refractivity contribution in [2.24, 2.45) is 0 Å². The van der Waals surface area contributed by atoms with Gasteiger partial charge in [0.1, 0.15) is 5.76 Å². The maximum absolute atomic E-state index is 12.8. The number of nitrogens with one attached hydrogen (secondary N) is 1. The van der Waals surface area contributed by atoms with E-state index >= 15 is 0 Å². The maximum atomic E-state index is 12.8. The van der Waals surface area contributed by atoms with Gasteiger partial charge < -0.3 is 9.73 Å². The van der Waals surface area contributed by atoms with Crippen molar-refractivity contribution in [1.29, 1.82) is 0 Å². The summed E-state index contributed by atoms with van der Waals surface area (Å²) >= 11 is 0. The van der Waals surface area contributed by atoms with Crippen molar-refractivity contribution >= 4 is 17.9 Å². The first-order valence-electron chi connectivity index (χ1n) is 7.51. The number of hydrogen-bond donors (Lipinski definition) is 1. The number of furan rings is 1. The molecule has 0 radical (unpaired) electrons. The number of anilines is 1. The lowest BCUT2D eigenvalue weighted by Gasteiger charge is -2.11. The van der Waals surface area contributed by atoms with E-state index in [0.717, 1.165) is 12.1 Å². The largest absolute Gasteiger partial charge is 0.453 e. The van der Waals surface area contributed by atoms with Crippen LogP contribution in [0.15, 0.2) is 65.1 Å². The van der Waals surface area contributed by atoms with Gasteiger partial charge in [0.05, 0.1) is 11.1 Å². The highest BCUT2D eigenvalue weighted by Gasteiger charge is 2.30. The van der Waals surface area contributed by atoms with E-state index in [1.54, 1.807) is 24.3 Å². The Hall–Kier alpha value is -3.35. The van der Waals surface area contributed by atoms with Crippen LogP contribution in [0, 0.1) is 0 Å². The van der Waals surface area contributed by atoms with E-state index in [0.29, 0.717) is 17.6 Å². The number of aldehydes is 1. The van der Waals surface area contributed by atoms with Gasteiger partial charge in [-0.2, -0.15) is 13.2 Å². The molecule has 3 rings (SSSR count). The van der Waals surface area contributed by atoms with E-state index in [1.807, 2.05) is 0 Å². The molecule has 4 nitrogen and oxygen atoms in total. The molecule has 1 N–H and O–H groups in total. The van der Waals surface area contributed by atoms with Gasteiger partial charge in [0.25, 0.3) is 5.91 Å². The number of alkyl halides is 3. The summed E-state index contributed by atoms with van der Waals surface area (Å²) in [4.78, 5) is 23.3. The molecule has 2 aromatic carbocycles. The third-order valence-electron chi connectivity index (χ3n) is 3.63. The Labute approximate surface area is 146 Å². The first-order chi connectivity index (χ1) is 12.4. The number of benzene rings is 2. The molecule has 0 aliphatic rings. The van der Waals surface area contributed by atoms with Gasteiger partial charge in [-0.05, 0) is 36.4 Å². The number of halogens is 3. The minimum absolute atomic E-state index is 0.0210. The van der Waals surface area contributed by atoms with Crippen LogP contribution in [0.4, 0.5) is 18.9 Å². The highest BCUT2D eigenvalue weighted by molar-refractivity contribution is 6.08. The average Bonchev–Trinajstić information content (AvgIpc) is 3.10. The first-order valence-corrected chi connectivity index (χ1v) is 7.51. The summed E-state index contributed by atoms with van der Waals surface area (Å²) in [5.74, 6) is -0.182. The fourth-order valence-corrected chi connectivity index (χ4v) is 2.43. The Morgan fingerprint density at radius 1 is 1.00 bits per heavy atom. The van der Waals surface area contributed by atoms with Gasteiger partial charge in [-0.3, -0.25) is 9.59 Å². The molecule has 0 saturated heterocycles. The first kappa shape index (κ1) is 17.5. The molecular formula is C19H12F3NO3. The second-order valence-electron chi connectivity index (χ2n) is 5.40. The zero-order chi connectivity index (χ0) is 18.7. The Morgan fingerprint density at radius 3 is 2.46 bits per heavy atom. The molecule has 0 spiro atoms. The Bertz CT molecular complexity index is 960. The van der Waals surface area contributed by atoms with Gasteiger partial charge in [0.15, 0.2) is 12.0 Å². The summed E-state index contributed by atoms with van der Waals surface area (Å²) in [5, 5.41) is 2.45. The van der Waals surface area contributed by atoms with Crippen molar-refractivity contribution in [2.75, 3.05) is 5.32 Å². The van der Waals surface area contributed by atoms with Gasteiger partial charge >= 0.3 is 6.18 Å². The summed E-state index contributed by atoms with van der Waals surface area (Å²) in [7, 11) is 0. The zero-order valence-corrected chi connectivity index (χ0v) is 13.2. The Kier molecular flexibility index (Phi) is 4.62. The van der Waals surface area contributed by atoms with Crippen LogP contribution >= 0.6 is 0 Å². The molecule has 1 heterocycles. The number of rotatable bonds is 4. The molecule has 0 aliphatic heterocycles. The molecule has 1 amide bonds. The maximum Gasteiger partial charge on any atom is 0.416 e. The minimum Gasteiger partial charge on any atom is -0.453 e. The number of carbonyl (C=O) groups is 2. The minimum atomic E-state index is -4.50. The molecule has 0 bridgehead atoms. The summed E-state index contributed by atoms with van der Waals surface area (Å²) in [6.45, 7) is 0. The number of amides is 1. The van der Waals surface area contributed by atoms with Crippen molar-refractivity contribution in [2.45, 2.75) is 6.18 Å². The van der Waals surface area contributed by atoms with E-state index in [2.05, 4.69) is 5.32 Å². The molecule has 0 atom stereocenters. The van der Waals surface area contributed by atoms with Gasteiger partial charge in [0, 0.05) is 11.3 Å². The van der Waals surface area contributed by atoms with E-state index in [4.69, 9.17) is 4.42 Å². The number of hydrogen-bond acceptors (Lipinski definition) is 3. The fourth-order valence-electron chi connectivity index (χ4n) is 2.43. The molecule has 0 saturated carbocycles. The Balaban J connectivity index is 1.91. The lowest BCUT2D eigenvalue weighted by atomic mass is 10.0. The molecule has 0 unspecified atom stereocenters. The second-order valence-corrected chi connectivity index (χ2v) is 5.40. The molecule has 26 heavy (non-hydrogen) atoms. The second kappa shape index (κ2) is 6.87. The van der Waals surface area contributed by atoms with Crippen molar-refractivity contribution < 1.29 is 27.2 Å². The highest BCUT2D eigenvalue weighted by atomic mass is 19.4. The normalized spacial score (nSPS) is 11.2. The van der Waals surface area contributed by atoms with Gasteiger partial charge in [0.2, 0.25) is 0 Å². The predicted octanol–water partition coefficient (Wildman–Crippen LogP) is 5.03. The van der Waals surface area contributed by atoms with Crippen molar-refractivity contribution in [3.63, 3.8) is 0 Å². The van der Waals surface area contributed by atoms with Crippen molar-refractivity contribution in [1.82, 2.24) is 0 Å². The third-order valence-corrected chi connectivity index (χ3v) is 3.63. The van der Waals surface area contributed by atoms with Crippen LogP contribution in [0.1, 0.15) is 26.5 Å².